The van der Waals surface area contributed by atoms with Gasteiger partial charge >= 0.3 is 5.97 Å². The fraction of sp³-hybridized carbons (Fsp3) is 0.438. The first-order valence-corrected chi connectivity index (χ1v) is 7.83. The van der Waals surface area contributed by atoms with Gasteiger partial charge in [-0.1, -0.05) is 12.8 Å². The van der Waals surface area contributed by atoms with Gasteiger partial charge in [0.25, 0.3) is 11.8 Å². The largest absolute Gasteiger partial charge is 0.492 e. The molecular formula is C16H18N2O6. The Morgan fingerprint density at radius 3 is 2.29 bits per heavy atom. The molecule has 0 aromatic carbocycles. The molecule has 0 saturated heterocycles. The lowest BCUT2D eigenvalue weighted by Gasteiger charge is -2.32. The van der Waals surface area contributed by atoms with E-state index in [-0.39, 0.29) is 36.0 Å². The Morgan fingerprint density at radius 1 is 1.08 bits per heavy atom. The van der Waals surface area contributed by atoms with Crippen LogP contribution in [0.5, 0.6) is 11.8 Å². The average molecular weight is 334 g/mol. The molecule has 1 aromatic rings. The first-order valence-electron chi connectivity index (χ1n) is 7.83. The third-order valence-electron chi connectivity index (χ3n) is 4.51. The van der Waals surface area contributed by atoms with Crippen LogP contribution in [0.2, 0.25) is 0 Å². The summed E-state index contributed by atoms with van der Waals surface area (Å²) >= 11 is 0. The van der Waals surface area contributed by atoms with Gasteiger partial charge in [-0.3, -0.25) is 14.5 Å². The Hall–Kier alpha value is -2.77. The number of carbonyl (C=O) groups is 3. The molecule has 1 saturated carbocycles. The summed E-state index contributed by atoms with van der Waals surface area (Å²) < 4.78 is 0.654. The van der Waals surface area contributed by atoms with E-state index in [1.54, 1.807) is 0 Å². The van der Waals surface area contributed by atoms with Gasteiger partial charge in [-0.15, -0.1) is 4.73 Å². The highest BCUT2D eigenvalue weighted by atomic mass is 16.7. The number of aromatic nitrogens is 1. The summed E-state index contributed by atoms with van der Waals surface area (Å²) in [7, 11) is 0. The minimum atomic E-state index is -0.603. The van der Waals surface area contributed by atoms with Crippen molar-refractivity contribution in [2.75, 3.05) is 6.54 Å². The van der Waals surface area contributed by atoms with Crippen molar-refractivity contribution in [3.63, 3.8) is 0 Å². The maximum Gasteiger partial charge on any atom is 0.336 e. The van der Waals surface area contributed by atoms with Crippen LogP contribution in [-0.2, 0) is 14.4 Å². The Kier molecular flexibility index (Phi) is 4.28. The monoisotopic (exact) mass is 334 g/mol. The minimum absolute atomic E-state index is 0.161. The van der Waals surface area contributed by atoms with Crippen LogP contribution in [-0.4, -0.2) is 44.2 Å². The van der Waals surface area contributed by atoms with Gasteiger partial charge in [0.15, 0.2) is 0 Å². The van der Waals surface area contributed by atoms with Crippen LogP contribution in [0.3, 0.4) is 0 Å². The fourth-order valence-electron chi connectivity index (χ4n) is 3.24. The predicted octanol–water partition coefficient (Wildman–Crippen LogP) is 0.586. The van der Waals surface area contributed by atoms with Gasteiger partial charge < -0.3 is 15.1 Å². The minimum Gasteiger partial charge on any atom is -0.492 e. The molecular weight excluding hydrogens is 316 g/mol. The van der Waals surface area contributed by atoms with Crippen LogP contribution in [0.15, 0.2) is 24.3 Å². The topological polar surface area (TPSA) is 109 Å². The number of aromatic hydroxyl groups is 2. The predicted molar refractivity (Wildman–Crippen MR) is 80.7 cm³/mol. The van der Waals surface area contributed by atoms with E-state index < -0.39 is 11.9 Å². The zero-order valence-electron chi connectivity index (χ0n) is 12.9. The summed E-state index contributed by atoms with van der Waals surface area (Å²) in [5, 5.41) is 19.1. The normalized spacial score (nSPS) is 23.8. The Bertz CT molecular complexity index is 670. The van der Waals surface area contributed by atoms with Gasteiger partial charge in [0.1, 0.15) is 0 Å². The highest BCUT2D eigenvalue weighted by Crippen LogP contribution is 2.32. The third kappa shape index (κ3) is 2.99. The van der Waals surface area contributed by atoms with E-state index in [1.807, 2.05) is 0 Å². The molecule has 2 amide bonds. The SMILES string of the molecule is O=C(On1c(O)ccc1O)C1CCCCC1CN1C(=O)C=CC1=O. The molecule has 0 bridgehead atoms. The Labute approximate surface area is 137 Å². The summed E-state index contributed by atoms with van der Waals surface area (Å²) in [5.74, 6) is -2.85. The van der Waals surface area contributed by atoms with E-state index in [4.69, 9.17) is 4.84 Å². The molecule has 8 nitrogen and oxygen atoms in total. The van der Waals surface area contributed by atoms with Gasteiger partial charge in [0, 0.05) is 30.8 Å². The summed E-state index contributed by atoms with van der Waals surface area (Å²) in [6.45, 7) is 0.161. The third-order valence-corrected chi connectivity index (χ3v) is 4.51. The zero-order chi connectivity index (χ0) is 17.3. The van der Waals surface area contributed by atoms with E-state index in [0.717, 1.165) is 17.7 Å². The van der Waals surface area contributed by atoms with Crippen molar-refractivity contribution in [2.24, 2.45) is 11.8 Å². The molecule has 128 valence electrons. The number of carbonyl (C=O) groups excluding carboxylic acids is 3. The fourth-order valence-corrected chi connectivity index (χ4v) is 3.24. The first-order chi connectivity index (χ1) is 11.5. The quantitative estimate of drug-likeness (QED) is 0.780. The molecule has 2 aliphatic rings. The summed E-state index contributed by atoms with van der Waals surface area (Å²) in [6.07, 6.45) is 5.43. The maximum atomic E-state index is 12.4. The van der Waals surface area contributed by atoms with Crippen LogP contribution < -0.4 is 4.84 Å². The lowest BCUT2D eigenvalue weighted by atomic mass is 9.79. The molecule has 2 heterocycles. The standard InChI is InChI=1S/C16H18N2O6/c19-12-5-6-13(20)17(12)9-10-3-1-2-4-11(10)16(23)24-18-14(21)7-8-15(18)22/h5-8,10-11,21-22H,1-4,9H2. The van der Waals surface area contributed by atoms with Gasteiger partial charge in [-0.25, -0.2) is 4.79 Å². The average Bonchev–Trinajstić information content (AvgIpc) is 3.05. The number of rotatable bonds is 4. The van der Waals surface area contributed by atoms with Gasteiger partial charge in [-0.2, -0.15) is 0 Å². The van der Waals surface area contributed by atoms with Gasteiger partial charge in [0.05, 0.1) is 5.92 Å². The van der Waals surface area contributed by atoms with Crippen LogP contribution in [0.4, 0.5) is 0 Å². The van der Waals surface area contributed by atoms with Crippen molar-refractivity contribution in [3.05, 3.63) is 24.3 Å². The number of amides is 2. The molecule has 1 fully saturated rings. The Morgan fingerprint density at radius 2 is 1.67 bits per heavy atom. The van der Waals surface area contributed by atoms with E-state index >= 15 is 0 Å². The lowest BCUT2D eigenvalue weighted by molar-refractivity contribution is -0.155. The highest BCUT2D eigenvalue weighted by Gasteiger charge is 2.37. The summed E-state index contributed by atoms with van der Waals surface area (Å²) in [6, 6.07) is 2.41. The summed E-state index contributed by atoms with van der Waals surface area (Å²) in [4.78, 5) is 42.1. The zero-order valence-corrected chi connectivity index (χ0v) is 12.9. The van der Waals surface area contributed by atoms with Crippen molar-refractivity contribution in [1.82, 2.24) is 9.63 Å². The number of hydrogen-bond donors (Lipinski definition) is 2. The molecule has 0 radical (unpaired) electrons. The van der Waals surface area contributed by atoms with E-state index in [1.165, 1.54) is 24.3 Å². The lowest BCUT2D eigenvalue weighted by Crippen LogP contribution is -2.42. The molecule has 3 rings (SSSR count). The highest BCUT2D eigenvalue weighted by molar-refractivity contribution is 6.12. The van der Waals surface area contributed by atoms with E-state index in [0.29, 0.717) is 17.6 Å². The van der Waals surface area contributed by atoms with Crippen molar-refractivity contribution in [2.45, 2.75) is 25.7 Å². The number of nitrogens with zero attached hydrogens (tertiary/aromatic N) is 2. The molecule has 1 aliphatic carbocycles. The van der Waals surface area contributed by atoms with Crippen molar-refractivity contribution in [1.29, 1.82) is 0 Å². The second-order valence-electron chi connectivity index (χ2n) is 6.03. The second kappa shape index (κ2) is 6.38. The van der Waals surface area contributed by atoms with Crippen LogP contribution in [0.1, 0.15) is 25.7 Å². The number of imide groups is 1. The van der Waals surface area contributed by atoms with Crippen LogP contribution in [0.25, 0.3) is 0 Å². The second-order valence-corrected chi connectivity index (χ2v) is 6.03. The van der Waals surface area contributed by atoms with Crippen molar-refractivity contribution >= 4 is 17.8 Å². The summed E-state index contributed by atoms with van der Waals surface area (Å²) in [5.41, 5.74) is 0. The smallest absolute Gasteiger partial charge is 0.336 e. The van der Waals surface area contributed by atoms with Crippen LogP contribution >= 0.6 is 0 Å². The van der Waals surface area contributed by atoms with E-state index in [9.17, 15) is 24.6 Å². The first kappa shape index (κ1) is 16.1. The van der Waals surface area contributed by atoms with E-state index in [2.05, 4.69) is 0 Å². The molecule has 2 atom stereocenters. The number of hydrogen-bond acceptors (Lipinski definition) is 6. The molecule has 24 heavy (non-hydrogen) atoms. The Balaban J connectivity index is 1.71. The molecule has 1 aliphatic heterocycles. The molecule has 2 N–H and O–H groups in total. The van der Waals surface area contributed by atoms with Crippen molar-refractivity contribution in [3.8, 4) is 11.8 Å². The van der Waals surface area contributed by atoms with Gasteiger partial charge in [0.2, 0.25) is 11.8 Å². The molecule has 2 unspecified atom stereocenters. The van der Waals surface area contributed by atoms with Gasteiger partial charge in [-0.05, 0) is 18.8 Å². The molecule has 1 aromatic heterocycles. The molecule has 8 heteroatoms. The maximum absolute atomic E-state index is 12.4. The van der Waals surface area contributed by atoms with Crippen molar-refractivity contribution < 1.29 is 29.4 Å². The molecule has 0 spiro atoms. The van der Waals surface area contributed by atoms with Crippen LogP contribution in [0, 0.1) is 11.8 Å².